The highest BCUT2D eigenvalue weighted by Crippen LogP contribution is 2.23. The summed E-state index contributed by atoms with van der Waals surface area (Å²) >= 11 is 3.49. The van der Waals surface area contributed by atoms with E-state index < -0.39 is 0 Å². The van der Waals surface area contributed by atoms with Gasteiger partial charge in [-0.05, 0) is 22.6 Å². The monoisotopic (exact) mass is 381 g/mol. The molecule has 0 unspecified atom stereocenters. The zero-order valence-electron chi connectivity index (χ0n) is 9.63. The Morgan fingerprint density at radius 2 is 2.00 bits per heavy atom. The average Bonchev–Trinajstić information content (AvgIpc) is 2.97. The lowest BCUT2D eigenvalue weighted by molar-refractivity contribution is 1.10. The molecule has 0 atom stereocenters. The van der Waals surface area contributed by atoms with Crippen LogP contribution in [0.1, 0.15) is 0 Å². The molecular weight excluding hydrogens is 373 g/mol. The van der Waals surface area contributed by atoms with Crippen LogP contribution in [0.4, 0.5) is 0 Å². The van der Waals surface area contributed by atoms with Crippen LogP contribution in [0.15, 0.2) is 46.0 Å². The van der Waals surface area contributed by atoms with Crippen molar-refractivity contribution in [3.8, 4) is 22.8 Å². The first-order valence-electron chi connectivity index (χ1n) is 5.49. The maximum atomic E-state index is 12.0. The SMILES string of the molecule is O=c1[nH]c(-c2cscn2)nc(-c2ccccc2)c1I. The van der Waals surface area contributed by atoms with E-state index >= 15 is 0 Å². The van der Waals surface area contributed by atoms with Gasteiger partial charge in [0.1, 0.15) is 9.26 Å². The molecule has 3 aromatic rings. The van der Waals surface area contributed by atoms with Crippen molar-refractivity contribution in [1.29, 1.82) is 0 Å². The number of hydrogen-bond donors (Lipinski definition) is 1. The van der Waals surface area contributed by atoms with Crippen LogP contribution in [-0.4, -0.2) is 15.0 Å². The van der Waals surface area contributed by atoms with E-state index in [9.17, 15) is 4.79 Å². The molecule has 19 heavy (non-hydrogen) atoms. The summed E-state index contributed by atoms with van der Waals surface area (Å²) in [5, 5.41) is 1.86. The van der Waals surface area contributed by atoms with Crippen LogP contribution in [0.3, 0.4) is 0 Å². The van der Waals surface area contributed by atoms with Gasteiger partial charge >= 0.3 is 0 Å². The Bertz CT molecular complexity index is 753. The van der Waals surface area contributed by atoms with Crippen molar-refractivity contribution in [3.63, 3.8) is 0 Å². The van der Waals surface area contributed by atoms with Gasteiger partial charge in [0, 0.05) is 10.9 Å². The number of H-pyrrole nitrogens is 1. The molecule has 0 spiro atoms. The van der Waals surface area contributed by atoms with Crippen molar-refractivity contribution in [1.82, 2.24) is 15.0 Å². The summed E-state index contributed by atoms with van der Waals surface area (Å²) in [5.41, 5.74) is 3.88. The second-order valence-corrected chi connectivity index (χ2v) is 5.61. The molecule has 2 aromatic heterocycles. The summed E-state index contributed by atoms with van der Waals surface area (Å²) in [6.45, 7) is 0. The Morgan fingerprint density at radius 1 is 1.21 bits per heavy atom. The topological polar surface area (TPSA) is 58.6 Å². The second-order valence-electron chi connectivity index (χ2n) is 3.82. The fraction of sp³-hybridized carbons (Fsp3) is 0. The first-order chi connectivity index (χ1) is 9.25. The van der Waals surface area contributed by atoms with Gasteiger partial charge in [-0.3, -0.25) is 4.79 Å². The van der Waals surface area contributed by atoms with Gasteiger partial charge in [0.25, 0.3) is 5.56 Å². The van der Waals surface area contributed by atoms with Crippen LogP contribution >= 0.6 is 33.9 Å². The minimum atomic E-state index is -0.141. The zero-order chi connectivity index (χ0) is 13.2. The quantitative estimate of drug-likeness (QED) is 0.694. The first-order valence-corrected chi connectivity index (χ1v) is 7.51. The van der Waals surface area contributed by atoms with Crippen molar-refractivity contribution in [2.45, 2.75) is 0 Å². The van der Waals surface area contributed by atoms with Crippen LogP contribution in [0.5, 0.6) is 0 Å². The lowest BCUT2D eigenvalue weighted by atomic mass is 10.1. The Balaban J connectivity index is 2.23. The molecule has 1 N–H and O–H groups in total. The minimum absolute atomic E-state index is 0.141. The van der Waals surface area contributed by atoms with Gasteiger partial charge < -0.3 is 4.98 Å². The molecular formula is C13H8IN3OS. The van der Waals surface area contributed by atoms with Gasteiger partial charge in [-0.2, -0.15) is 0 Å². The summed E-state index contributed by atoms with van der Waals surface area (Å²) in [6, 6.07) is 9.67. The van der Waals surface area contributed by atoms with Crippen LogP contribution in [0.25, 0.3) is 22.8 Å². The molecule has 3 rings (SSSR count). The number of aromatic nitrogens is 3. The number of nitrogens with zero attached hydrogens (tertiary/aromatic N) is 2. The molecule has 2 heterocycles. The third-order valence-corrected chi connectivity index (χ3v) is 4.17. The van der Waals surface area contributed by atoms with Crippen LogP contribution < -0.4 is 5.56 Å². The molecule has 0 aliphatic carbocycles. The number of thiazole rings is 1. The fourth-order valence-electron chi connectivity index (χ4n) is 1.70. The summed E-state index contributed by atoms with van der Waals surface area (Å²) in [4.78, 5) is 23.5. The van der Waals surface area contributed by atoms with E-state index in [1.807, 2.05) is 58.3 Å². The van der Waals surface area contributed by atoms with Crippen molar-refractivity contribution >= 4 is 33.9 Å². The van der Waals surface area contributed by atoms with E-state index in [2.05, 4.69) is 15.0 Å². The van der Waals surface area contributed by atoms with E-state index in [4.69, 9.17) is 0 Å². The Labute approximate surface area is 126 Å². The van der Waals surface area contributed by atoms with E-state index in [0.717, 1.165) is 5.56 Å². The van der Waals surface area contributed by atoms with Gasteiger partial charge in [-0.1, -0.05) is 30.3 Å². The molecule has 0 radical (unpaired) electrons. The average molecular weight is 381 g/mol. The first kappa shape index (κ1) is 12.5. The molecule has 0 saturated carbocycles. The molecule has 0 fully saturated rings. The maximum absolute atomic E-state index is 12.0. The number of hydrogen-bond acceptors (Lipinski definition) is 4. The van der Waals surface area contributed by atoms with Crippen molar-refractivity contribution < 1.29 is 0 Å². The molecule has 94 valence electrons. The van der Waals surface area contributed by atoms with Crippen molar-refractivity contribution in [2.75, 3.05) is 0 Å². The third-order valence-electron chi connectivity index (χ3n) is 2.58. The summed E-state index contributed by atoms with van der Waals surface area (Å²) in [7, 11) is 0. The maximum Gasteiger partial charge on any atom is 0.265 e. The molecule has 0 amide bonds. The molecule has 4 nitrogen and oxygen atoms in total. The van der Waals surface area contributed by atoms with Crippen LogP contribution in [0.2, 0.25) is 0 Å². The molecule has 0 saturated heterocycles. The van der Waals surface area contributed by atoms with E-state index in [1.54, 1.807) is 5.51 Å². The van der Waals surface area contributed by atoms with E-state index in [1.165, 1.54) is 11.3 Å². The largest absolute Gasteiger partial charge is 0.304 e. The minimum Gasteiger partial charge on any atom is -0.304 e. The smallest absolute Gasteiger partial charge is 0.265 e. The highest BCUT2D eigenvalue weighted by Gasteiger charge is 2.12. The third kappa shape index (κ3) is 2.45. The summed E-state index contributed by atoms with van der Waals surface area (Å²) in [6.07, 6.45) is 0. The van der Waals surface area contributed by atoms with Crippen LogP contribution in [0, 0.1) is 3.57 Å². The Kier molecular flexibility index (Phi) is 3.43. The summed E-state index contributed by atoms with van der Waals surface area (Å²) in [5.74, 6) is 0.505. The zero-order valence-corrected chi connectivity index (χ0v) is 12.6. The number of nitrogens with one attached hydrogen (secondary N) is 1. The Hall–Kier alpha value is -1.54. The normalized spacial score (nSPS) is 10.6. The van der Waals surface area contributed by atoms with E-state index in [0.29, 0.717) is 20.8 Å². The lowest BCUT2D eigenvalue weighted by Gasteiger charge is -2.05. The fourth-order valence-corrected chi connectivity index (χ4v) is 2.80. The van der Waals surface area contributed by atoms with Gasteiger partial charge in [0.05, 0.1) is 11.2 Å². The predicted molar refractivity (Wildman–Crippen MR) is 84.1 cm³/mol. The predicted octanol–water partition coefficient (Wildman–Crippen LogP) is 3.17. The Morgan fingerprint density at radius 3 is 2.68 bits per heavy atom. The number of aromatic amines is 1. The summed E-state index contributed by atoms with van der Waals surface area (Å²) < 4.78 is 0.586. The molecule has 1 aromatic carbocycles. The number of halogens is 1. The molecule has 0 aliphatic rings. The highest BCUT2D eigenvalue weighted by molar-refractivity contribution is 14.1. The molecule has 0 aliphatic heterocycles. The van der Waals surface area contributed by atoms with E-state index in [-0.39, 0.29) is 5.56 Å². The van der Waals surface area contributed by atoms with Crippen molar-refractivity contribution in [2.24, 2.45) is 0 Å². The number of rotatable bonds is 2. The van der Waals surface area contributed by atoms with Gasteiger partial charge in [-0.15, -0.1) is 11.3 Å². The molecule has 6 heteroatoms. The highest BCUT2D eigenvalue weighted by atomic mass is 127. The van der Waals surface area contributed by atoms with Crippen LogP contribution in [-0.2, 0) is 0 Å². The van der Waals surface area contributed by atoms with Gasteiger partial charge in [0.15, 0.2) is 5.82 Å². The van der Waals surface area contributed by atoms with Gasteiger partial charge in [-0.25, -0.2) is 9.97 Å². The van der Waals surface area contributed by atoms with Gasteiger partial charge in [0.2, 0.25) is 0 Å². The standard InChI is InChI=1S/C13H8IN3OS/c14-10-11(8-4-2-1-3-5-8)16-12(17-13(10)18)9-6-19-7-15-9/h1-7H,(H,16,17,18). The molecule has 0 bridgehead atoms. The van der Waals surface area contributed by atoms with Crippen molar-refractivity contribution in [3.05, 3.63) is 55.1 Å². The lowest BCUT2D eigenvalue weighted by Crippen LogP contribution is -2.14. The second kappa shape index (κ2) is 5.22. The number of benzene rings is 1.